The number of hydrogen-bond acceptors (Lipinski definition) is 3. The normalized spacial score (nSPS) is 26.9. The molecule has 5 nitrogen and oxygen atoms in total. The lowest BCUT2D eigenvalue weighted by Gasteiger charge is -2.32. The SMILES string of the molecule is CC(=O)N=S1(=O)CCC(=O)N1C(C)(C)C. The van der Waals surface area contributed by atoms with Gasteiger partial charge >= 0.3 is 0 Å². The summed E-state index contributed by atoms with van der Waals surface area (Å²) in [4.78, 5) is 22.5. The maximum absolute atomic E-state index is 12.3. The molecule has 6 heteroatoms. The van der Waals surface area contributed by atoms with Crippen molar-refractivity contribution in [3.8, 4) is 0 Å². The molecule has 1 fully saturated rings. The van der Waals surface area contributed by atoms with Crippen molar-refractivity contribution in [1.29, 1.82) is 0 Å². The van der Waals surface area contributed by atoms with Gasteiger partial charge in [-0.1, -0.05) is 0 Å². The van der Waals surface area contributed by atoms with E-state index in [9.17, 15) is 13.8 Å². The highest BCUT2D eigenvalue weighted by molar-refractivity contribution is 7.92. The third kappa shape index (κ3) is 2.37. The molecule has 1 aliphatic heterocycles. The summed E-state index contributed by atoms with van der Waals surface area (Å²) < 4.78 is 17.2. The number of hydrogen-bond donors (Lipinski definition) is 0. The third-order valence-electron chi connectivity index (χ3n) is 1.97. The predicted molar refractivity (Wildman–Crippen MR) is 57.3 cm³/mol. The maximum Gasteiger partial charge on any atom is 0.252 e. The Hall–Kier alpha value is -0.910. The number of nitrogens with zero attached hydrogens (tertiary/aromatic N) is 2. The van der Waals surface area contributed by atoms with Crippen molar-refractivity contribution in [2.24, 2.45) is 4.36 Å². The van der Waals surface area contributed by atoms with Crippen LogP contribution < -0.4 is 0 Å². The molecule has 1 aliphatic rings. The summed E-state index contributed by atoms with van der Waals surface area (Å²) >= 11 is 0. The molecule has 0 bridgehead atoms. The van der Waals surface area contributed by atoms with Gasteiger partial charge in [0.15, 0.2) is 0 Å². The number of amides is 2. The molecule has 1 heterocycles. The van der Waals surface area contributed by atoms with Crippen LogP contribution in [0.25, 0.3) is 0 Å². The van der Waals surface area contributed by atoms with Crippen LogP contribution in [0.15, 0.2) is 4.36 Å². The molecule has 0 spiro atoms. The van der Waals surface area contributed by atoms with Crippen LogP contribution in [0.1, 0.15) is 34.1 Å². The average molecular weight is 232 g/mol. The Labute approximate surface area is 90.1 Å². The molecule has 15 heavy (non-hydrogen) atoms. The van der Waals surface area contributed by atoms with Crippen LogP contribution in [0.5, 0.6) is 0 Å². The maximum atomic E-state index is 12.3. The van der Waals surface area contributed by atoms with Crippen molar-refractivity contribution >= 4 is 21.7 Å². The Morgan fingerprint density at radius 2 is 2.00 bits per heavy atom. The zero-order valence-electron chi connectivity index (χ0n) is 9.44. The van der Waals surface area contributed by atoms with Crippen LogP contribution in [0.4, 0.5) is 0 Å². The molecule has 0 aliphatic carbocycles. The number of carbonyl (C=O) groups excluding carboxylic acids is 2. The number of carbonyl (C=O) groups is 2. The standard InChI is InChI=1S/C9H16N2O3S/c1-7(12)10-15(14)6-5-8(13)11(15)9(2,3)4/h5-6H2,1-4H3. The molecule has 0 radical (unpaired) electrons. The Bertz CT molecular complexity index is 414. The summed E-state index contributed by atoms with van der Waals surface area (Å²) in [5.41, 5.74) is -0.566. The first-order valence-corrected chi connectivity index (χ1v) is 6.39. The second kappa shape index (κ2) is 3.59. The van der Waals surface area contributed by atoms with Crippen molar-refractivity contribution < 1.29 is 13.8 Å². The zero-order valence-corrected chi connectivity index (χ0v) is 10.3. The molecule has 1 unspecified atom stereocenters. The van der Waals surface area contributed by atoms with Gasteiger partial charge in [0.2, 0.25) is 5.91 Å². The van der Waals surface area contributed by atoms with Crippen molar-refractivity contribution in [3.63, 3.8) is 0 Å². The van der Waals surface area contributed by atoms with E-state index in [1.165, 1.54) is 11.2 Å². The molecule has 0 N–H and O–H groups in total. The summed E-state index contributed by atoms with van der Waals surface area (Å²) in [6.07, 6.45) is 0.201. The van der Waals surface area contributed by atoms with Crippen molar-refractivity contribution in [3.05, 3.63) is 0 Å². The van der Waals surface area contributed by atoms with Crippen molar-refractivity contribution in [2.75, 3.05) is 5.75 Å². The largest absolute Gasteiger partial charge is 0.274 e. The van der Waals surface area contributed by atoms with Gasteiger partial charge in [0.1, 0.15) is 9.92 Å². The summed E-state index contributed by atoms with van der Waals surface area (Å²) in [7, 11) is -2.84. The second-order valence-corrected chi connectivity index (χ2v) is 6.70. The average Bonchev–Trinajstić information content (AvgIpc) is 2.23. The van der Waals surface area contributed by atoms with Gasteiger partial charge in [-0.3, -0.25) is 9.59 Å². The number of rotatable bonds is 0. The van der Waals surface area contributed by atoms with Gasteiger partial charge in [-0.2, -0.15) is 0 Å². The van der Waals surface area contributed by atoms with Crippen molar-refractivity contribution in [1.82, 2.24) is 4.31 Å². The molecule has 1 rings (SSSR count). The van der Waals surface area contributed by atoms with Gasteiger partial charge < -0.3 is 0 Å². The monoisotopic (exact) mass is 232 g/mol. The van der Waals surface area contributed by atoms with Gasteiger partial charge in [-0.15, -0.1) is 4.36 Å². The van der Waals surface area contributed by atoms with E-state index < -0.39 is 21.4 Å². The van der Waals surface area contributed by atoms with Crippen LogP contribution in [0.3, 0.4) is 0 Å². The molecule has 2 amide bonds. The van der Waals surface area contributed by atoms with Crippen LogP contribution in [0.2, 0.25) is 0 Å². The Balaban J connectivity index is 3.28. The van der Waals surface area contributed by atoms with Crippen LogP contribution in [-0.4, -0.2) is 31.6 Å². The van der Waals surface area contributed by atoms with E-state index in [4.69, 9.17) is 0 Å². The van der Waals surface area contributed by atoms with Gasteiger partial charge in [0.05, 0.1) is 5.75 Å². The Morgan fingerprint density at radius 1 is 1.47 bits per heavy atom. The van der Waals surface area contributed by atoms with Gasteiger partial charge in [-0.05, 0) is 20.8 Å². The lowest BCUT2D eigenvalue weighted by Crippen LogP contribution is -2.45. The first kappa shape index (κ1) is 12.2. The topological polar surface area (TPSA) is 66.8 Å². The molecule has 0 aromatic heterocycles. The summed E-state index contributed by atoms with van der Waals surface area (Å²) in [5.74, 6) is -0.538. The molecule has 86 valence electrons. The fourth-order valence-electron chi connectivity index (χ4n) is 1.66. The molecule has 0 aromatic rings. The summed E-state index contributed by atoms with van der Waals surface area (Å²) in [5, 5.41) is 0. The van der Waals surface area contributed by atoms with Crippen LogP contribution in [-0.2, 0) is 19.5 Å². The highest BCUT2D eigenvalue weighted by Crippen LogP contribution is 2.27. The smallest absolute Gasteiger partial charge is 0.252 e. The van der Waals surface area contributed by atoms with E-state index in [1.54, 1.807) is 20.8 Å². The van der Waals surface area contributed by atoms with E-state index in [0.29, 0.717) is 0 Å². The Kier molecular flexibility index (Phi) is 2.91. The van der Waals surface area contributed by atoms with E-state index in [1.807, 2.05) is 0 Å². The highest BCUT2D eigenvalue weighted by Gasteiger charge is 2.41. The van der Waals surface area contributed by atoms with E-state index in [0.717, 1.165) is 0 Å². The molecule has 0 aromatic carbocycles. The molecule has 1 saturated heterocycles. The fourth-order valence-corrected chi connectivity index (χ4v) is 4.12. The summed E-state index contributed by atoms with van der Waals surface area (Å²) in [6.45, 7) is 6.60. The lowest BCUT2D eigenvalue weighted by atomic mass is 10.1. The highest BCUT2D eigenvalue weighted by atomic mass is 32.2. The minimum absolute atomic E-state index is 0.155. The minimum Gasteiger partial charge on any atom is -0.274 e. The predicted octanol–water partition coefficient (Wildman–Crippen LogP) is 0.947. The minimum atomic E-state index is -2.84. The van der Waals surface area contributed by atoms with E-state index in [2.05, 4.69) is 4.36 Å². The quantitative estimate of drug-likeness (QED) is 0.624. The summed E-state index contributed by atoms with van der Waals surface area (Å²) in [6, 6.07) is 0. The van der Waals surface area contributed by atoms with Gasteiger partial charge in [-0.25, -0.2) is 8.51 Å². The molecular weight excluding hydrogens is 216 g/mol. The van der Waals surface area contributed by atoms with E-state index >= 15 is 0 Å². The van der Waals surface area contributed by atoms with Gasteiger partial charge in [0, 0.05) is 18.9 Å². The zero-order chi connectivity index (χ0) is 11.9. The first-order valence-electron chi connectivity index (χ1n) is 4.75. The van der Waals surface area contributed by atoms with E-state index in [-0.39, 0.29) is 18.1 Å². The van der Waals surface area contributed by atoms with Crippen LogP contribution >= 0.6 is 0 Å². The fraction of sp³-hybridized carbons (Fsp3) is 0.778. The van der Waals surface area contributed by atoms with Gasteiger partial charge in [0.25, 0.3) is 5.91 Å². The van der Waals surface area contributed by atoms with Crippen LogP contribution in [0, 0.1) is 0 Å². The third-order valence-corrected chi connectivity index (χ3v) is 4.57. The lowest BCUT2D eigenvalue weighted by molar-refractivity contribution is -0.127. The molecule has 0 saturated carbocycles. The first-order chi connectivity index (χ1) is 6.67. The Morgan fingerprint density at radius 3 is 2.40 bits per heavy atom. The molecular formula is C9H16N2O3S. The van der Waals surface area contributed by atoms with Crippen molar-refractivity contribution in [2.45, 2.75) is 39.7 Å². The molecule has 1 atom stereocenters. The second-order valence-electron chi connectivity index (χ2n) is 4.53.